The van der Waals surface area contributed by atoms with Gasteiger partial charge in [-0.2, -0.15) is 0 Å². The molecule has 2 aromatic rings. The molecule has 8 nitrogen and oxygen atoms in total. The lowest BCUT2D eigenvalue weighted by molar-refractivity contribution is -0.139. The summed E-state index contributed by atoms with van der Waals surface area (Å²) in [5.74, 6) is -1.07. The number of hydrogen-bond donors (Lipinski definition) is 2. The number of anilines is 1. The fourth-order valence-corrected chi connectivity index (χ4v) is 5.01. The van der Waals surface area contributed by atoms with Crippen molar-refractivity contribution in [1.29, 1.82) is 0 Å². The summed E-state index contributed by atoms with van der Waals surface area (Å²) in [6, 6.07) is 15.1. The number of carbonyl (C=O) groups excluding carboxylic acids is 4. The molecule has 0 radical (unpaired) electrons. The molecule has 1 heterocycles. The molecule has 178 valence electrons. The van der Waals surface area contributed by atoms with Crippen molar-refractivity contribution in [2.24, 2.45) is 5.92 Å². The van der Waals surface area contributed by atoms with E-state index in [0.717, 1.165) is 25.7 Å². The van der Waals surface area contributed by atoms with Gasteiger partial charge in [0.05, 0.1) is 7.11 Å². The van der Waals surface area contributed by atoms with Crippen LogP contribution in [0, 0.1) is 5.92 Å². The second-order valence-corrected chi connectivity index (χ2v) is 8.77. The molecule has 1 saturated carbocycles. The van der Waals surface area contributed by atoms with E-state index >= 15 is 0 Å². The molecule has 2 fully saturated rings. The van der Waals surface area contributed by atoms with Gasteiger partial charge in [-0.15, -0.1) is 0 Å². The Morgan fingerprint density at radius 1 is 0.971 bits per heavy atom. The van der Waals surface area contributed by atoms with Crippen LogP contribution in [0.2, 0.25) is 0 Å². The van der Waals surface area contributed by atoms with Crippen molar-refractivity contribution in [1.82, 2.24) is 10.2 Å². The smallest absolute Gasteiger partial charge is 0.325 e. The Hall–Kier alpha value is -3.68. The van der Waals surface area contributed by atoms with Crippen LogP contribution in [0.5, 0.6) is 0 Å². The number of benzene rings is 2. The first kappa shape index (κ1) is 23.5. The normalized spacial score (nSPS) is 21.3. The van der Waals surface area contributed by atoms with Gasteiger partial charge in [0.15, 0.2) is 0 Å². The molecule has 3 amide bonds. The highest BCUT2D eigenvalue weighted by Crippen LogP contribution is 2.40. The minimum absolute atomic E-state index is 0.0626. The van der Waals surface area contributed by atoms with E-state index in [4.69, 9.17) is 0 Å². The molecule has 2 N–H and O–H groups in total. The van der Waals surface area contributed by atoms with Crippen LogP contribution in [-0.4, -0.2) is 54.3 Å². The number of nitrogens with zero attached hydrogens (tertiary/aromatic N) is 1. The summed E-state index contributed by atoms with van der Waals surface area (Å²) in [5.41, 5.74) is 1.34. The first-order chi connectivity index (χ1) is 16.5. The predicted molar refractivity (Wildman–Crippen MR) is 126 cm³/mol. The van der Waals surface area contributed by atoms with E-state index in [2.05, 4.69) is 15.4 Å². The maximum Gasteiger partial charge on any atom is 0.325 e. The largest absolute Gasteiger partial charge is 0.468 e. The van der Waals surface area contributed by atoms with E-state index in [0.29, 0.717) is 29.2 Å². The molecule has 8 heteroatoms. The number of hydrogen-bond acceptors (Lipinski definition) is 5. The van der Waals surface area contributed by atoms with E-state index in [1.165, 1.54) is 7.11 Å². The topological polar surface area (TPSA) is 105 Å². The molecule has 3 atom stereocenters. The first-order valence-electron chi connectivity index (χ1n) is 11.6. The van der Waals surface area contributed by atoms with Gasteiger partial charge >= 0.3 is 5.97 Å². The van der Waals surface area contributed by atoms with E-state index < -0.39 is 17.9 Å². The number of carbonyl (C=O) groups is 4. The van der Waals surface area contributed by atoms with Crippen LogP contribution < -0.4 is 10.6 Å². The van der Waals surface area contributed by atoms with Crippen LogP contribution >= 0.6 is 0 Å². The van der Waals surface area contributed by atoms with Crippen molar-refractivity contribution in [3.63, 3.8) is 0 Å². The predicted octanol–water partition coefficient (Wildman–Crippen LogP) is 3.00. The molecule has 1 aliphatic heterocycles. The molecule has 3 unspecified atom stereocenters. The quantitative estimate of drug-likeness (QED) is 0.641. The summed E-state index contributed by atoms with van der Waals surface area (Å²) < 4.78 is 4.53. The molecular formula is C26H29N3O5. The number of rotatable bonds is 6. The second-order valence-electron chi connectivity index (χ2n) is 8.77. The third kappa shape index (κ3) is 5.11. The summed E-state index contributed by atoms with van der Waals surface area (Å²) >= 11 is 0. The molecule has 1 saturated heterocycles. The molecule has 34 heavy (non-hydrogen) atoms. The van der Waals surface area contributed by atoms with Crippen molar-refractivity contribution in [3.05, 3.63) is 65.7 Å². The van der Waals surface area contributed by atoms with E-state index in [9.17, 15) is 19.2 Å². The molecule has 0 bridgehead atoms. The average molecular weight is 464 g/mol. The average Bonchev–Trinajstić information content (AvgIpc) is 3.27. The lowest BCUT2D eigenvalue weighted by atomic mass is 9.84. The second kappa shape index (κ2) is 10.5. The lowest BCUT2D eigenvalue weighted by Crippen LogP contribution is -2.47. The third-order valence-corrected chi connectivity index (χ3v) is 6.66. The van der Waals surface area contributed by atoms with Crippen LogP contribution in [0.1, 0.15) is 52.8 Å². The number of likely N-dealkylation sites (tertiary alicyclic amines) is 1. The molecule has 0 spiro atoms. The summed E-state index contributed by atoms with van der Waals surface area (Å²) in [4.78, 5) is 52.2. The zero-order valence-electron chi connectivity index (χ0n) is 19.2. The number of fused-ring (bicyclic) bond motifs is 1. The molecular weight excluding hydrogens is 434 g/mol. The Morgan fingerprint density at radius 3 is 2.47 bits per heavy atom. The number of esters is 1. The van der Waals surface area contributed by atoms with Crippen LogP contribution in [0.15, 0.2) is 54.6 Å². The number of methoxy groups -OCH3 is 1. The van der Waals surface area contributed by atoms with Crippen molar-refractivity contribution >= 4 is 29.4 Å². The highest BCUT2D eigenvalue weighted by atomic mass is 16.5. The van der Waals surface area contributed by atoms with Gasteiger partial charge in [0.25, 0.3) is 11.8 Å². The Labute approximate surface area is 198 Å². The fourth-order valence-electron chi connectivity index (χ4n) is 5.01. The van der Waals surface area contributed by atoms with Crippen molar-refractivity contribution < 1.29 is 23.9 Å². The molecule has 1 aliphatic carbocycles. The third-order valence-electron chi connectivity index (χ3n) is 6.66. The monoisotopic (exact) mass is 463 g/mol. The van der Waals surface area contributed by atoms with Gasteiger partial charge in [-0.1, -0.05) is 37.1 Å². The van der Waals surface area contributed by atoms with Gasteiger partial charge in [0.2, 0.25) is 5.91 Å². The zero-order valence-corrected chi connectivity index (χ0v) is 19.2. The van der Waals surface area contributed by atoms with E-state index in [1.807, 2.05) is 18.2 Å². The summed E-state index contributed by atoms with van der Waals surface area (Å²) in [6.45, 7) is -0.243. The molecule has 0 aromatic heterocycles. The standard InChI is InChI=1S/C26H29N3O5/c1-34-23(30)16-27-24(31)19-11-7-12-20(14-19)28-25(32)22-15-18-10-5-6-13-21(18)29(22)26(33)17-8-3-2-4-9-17/h2-4,7-9,11-12,14,18,21-22H,5-6,10,13,15-16H2,1H3,(H,27,31)(H,28,32). The maximum absolute atomic E-state index is 13.4. The van der Waals surface area contributed by atoms with Crippen LogP contribution in [0.4, 0.5) is 5.69 Å². The SMILES string of the molecule is COC(=O)CNC(=O)c1cccc(NC(=O)C2CC3CCCCC3N2C(=O)c2ccccc2)c1. The molecule has 4 rings (SSSR count). The highest BCUT2D eigenvalue weighted by molar-refractivity contribution is 6.03. The Balaban J connectivity index is 1.50. The number of amides is 3. The van der Waals surface area contributed by atoms with Gasteiger partial charge in [-0.25, -0.2) is 0 Å². The minimum atomic E-state index is -0.572. The first-order valence-corrected chi connectivity index (χ1v) is 11.6. The van der Waals surface area contributed by atoms with Gasteiger partial charge in [-0.3, -0.25) is 19.2 Å². The highest BCUT2D eigenvalue weighted by Gasteiger charge is 2.47. The zero-order chi connectivity index (χ0) is 24.1. The minimum Gasteiger partial charge on any atom is -0.468 e. The van der Waals surface area contributed by atoms with Gasteiger partial charge < -0.3 is 20.3 Å². The van der Waals surface area contributed by atoms with Crippen molar-refractivity contribution in [2.75, 3.05) is 19.0 Å². The number of ether oxygens (including phenoxy) is 1. The van der Waals surface area contributed by atoms with Crippen LogP contribution in [-0.2, 0) is 14.3 Å². The Bertz CT molecular complexity index is 1070. The van der Waals surface area contributed by atoms with Crippen LogP contribution in [0.25, 0.3) is 0 Å². The number of nitrogens with one attached hydrogen (secondary N) is 2. The Kier molecular flexibility index (Phi) is 7.25. The molecule has 2 aliphatic rings. The van der Waals surface area contributed by atoms with Crippen molar-refractivity contribution in [3.8, 4) is 0 Å². The van der Waals surface area contributed by atoms with Gasteiger partial charge in [-0.05, 0) is 55.5 Å². The maximum atomic E-state index is 13.4. The lowest BCUT2D eigenvalue weighted by Gasteiger charge is -2.33. The fraction of sp³-hybridized carbons (Fsp3) is 0.385. The molecule has 2 aromatic carbocycles. The van der Waals surface area contributed by atoms with Gasteiger partial charge in [0, 0.05) is 22.9 Å². The van der Waals surface area contributed by atoms with Gasteiger partial charge in [0.1, 0.15) is 12.6 Å². The summed E-state index contributed by atoms with van der Waals surface area (Å²) in [7, 11) is 1.25. The summed E-state index contributed by atoms with van der Waals surface area (Å²) in [5, 5.41) is 5.38. The summed E-state index contributed by atoms with van der Waals surface area (Å²) in [6.07, 6.45) is 4.72. The van der Waals surface area contributed by atoms with Crippen LogP contribution in [0.3, 0.4) is 0 Å². The Morgan fingerprint density at radius 2 is 1.71 bits per heavy atom. The van der Waals surface area contributed by atoms with E-state index in [1.54, 1.807) is 41.3 Å². The van der Waals surface area contributed by atoms with E-state index in [-0.39, 0.29) is 24.4 Å². The van der Waals surface area contributed by atoms with Crippen molar-refractivity contribution in [2.45, 2.75) is 44.2 Å².